The van der Waals surface area contributed by atoms with E-state index in [1.807, 2.05) is 45.8 Å². The number of rotatable bonds is 13. The molecule has 4 heterocycles. The summed E-state index contributed by atoms with van der Waals surface area (Å²) in [5.41, 5.74) is 1.83. The van der Waals surface area contributed by atoms with E-state index in [0.717, 1.165) is 59.7 Å². The molecule has 0 spiro atoms. The second-order valence-corrected chi connectivity index (χ2v) is 11.4. The fraction of sp³-hybridized carbons (Fsp3) is 0.333. The van der Waals surface area contributed by atoms with Crippen molar-refractivity contribution in [2.45, 2.75) is 51.4 Å². The third kappa shape index (κ3) is 7.56. The van der Waals surface area contributed by atoms with Crippen LogP contribution in [0, 0.1) is 0 Å². The molecule has 4 aromatic heterocycles. The summed E-state index contributed by atoms with van der Waals surface area (Å²) in [7, 11) is 0. The van der Waals surface area contributed by atoms with Crippen LogP contribution in [0.15, 0.2) is 45.8 Å². The molecule has 0 saturated carbocycles. The minimum Gasteiger partial charge on any atom is -0.302 e. The van der Waals surface area contributed by atoms with Gasteiger partial charge in [0.05, 0.1) is 21.1 Å². The number of nitrogens with zero attached hydrogens (tertiary/aromatic N) is 2. The Kier molecular flexibility index (Phi) is 9.37. The molecule has 0 bridgehead atoms. The van der Waals surface area contributed by atoms with Crippen LogP contribution in [-0.4, -0.2) is 21.8 Å². The number of anilines is 2. The Morgan fingerprint density at radius 2 is 1.09 bits per heavy atom. The van der Waals surface area contributed by atoms with Gasteiger partial charge in [0.15, 0.2) is 10.3 Å². The van der Waals surface area contributed by atoms with Crippen molar-refractivity contribution in [1.29, 1.82) is 0 Å². The number of unbranched alkanes of at least 4 members (excludes halogenated alkanes) is 5. The Balaban J connectivity index is 1.02. The van der Waals surface area contributed by atoms with Gasteiger partial charge in [0, 0.05) is 23.6 Å². The molecule has 0 aliphatic heterocycles. The number of nitrogens with one attached hydrogen (secondary N) is 2. The van der Waals surface area contributed by atoms with Crippen molar-refractivity contribution in [3.05, 3.63) is 45.8 Å². The SMILES string of the molecule is O=C(CCCCCCCCC(=O)Nc1nc(-c2cccs2)cs1)Nc1nc(-c2cccs2)cs1. The number of carbonyl (C=O) groups excluding carboxylic acids is 2. The van der Waals surface area contributed by atoms with E-state index in [1.165, 1.54) is 22.7 Å². The number of amides is 2. The van der Waals surface area contributed by atoms with Crippen LogP contribution >= 0.6 is 45.3 Å². The van der Waals surface area contributed by atoms with Gasteiger partial charge < -0.3 is 10.6 Å². The second kappa shape index (κ2) is 12.9. The molecule has 4 rings (SSSR count). The quantitative estimate of drug-likeness (QED) is 0.173. The lowest BCUT2D eigenvalue weighted by Gasteiger charge is -2.03. The monoisotopic (exact) mass is 530 g/mol. The van der Waals surface area contributed by atoms with Gasteiger partial charge in [0.2, 0.25) is 11.8 Å². The van der Waals surface area contributed by atoms with Crippen molar-refractivity contribution in [3.63, 3.8) is 0 Å². The Bertz CT molecular complexity index is 1070. The van der Waals surface area contributed by atoms with Crippen molar-refractivity contribution in [2.24, 2.45) is 0 Å². The lowest BCUT2D eigenvalue weighted by atomic mass is 10.1. The molecule has 6 nitrogen and oxygen atoms in total. The molecule has 0 fully saturated rings. The largest absolute Gasteiger partial charge is 0.302 e. The first-order valence-electron chi connectivity index (χ1n) is 11.3. The van der Waals surface area contributed by atoms with E-state index in [9.17, 15) is 9.59 Å². The Hall–Kier alpha value is -2.40. The van der Waals surface area contributed by atoms with Crippen LogP contribution in [0.1, 0.15) is 51.4 Å². The molecule has 0 aliphatic carbocycles. The normalized spacial score (nSPS) is 10.9. The van der Waals surface area contributed by atoms with E-state index in [-0.39, 0.29) is 11.8 Å². The maximum atomic E-state index is 12.1. The second-order valence-electron chi connectivity index (χ2n) is 7.75. The number of aromatic nitrogens is 2. The third-order valence-corrected chi connectivity index (χ3v) is 8.41. The first-order chi connectivity index (χ1) is 16.7. The fourth-order valence-electron chi connectivity index (χ4n) is 3.38. The fourth-order valence-corrected chi connectivity index (χ4v) is 6.35. The highest BCUT2D eigenvalue weighted by Crippen LogP contribution is 2.29. The van der Waals surface area contributed by atoms with Crippen LogP contribution in [0.3, 0.4) is 0 Å². The smallest absolute Gasteiger partial charge is 0.226 e. The molecule has 0 saturated heterocycles. The standard InChI is InChI=1S/C24H26N4O2S4/c29-21(27-23-25-17(15-33-23)19-9-7-13-31-19)11-5-3-1-2-4-6-12-22(30)28-24-26-18(16-34-24)20-10-8-14-32-20/h7-10,13-16H,1-6,11-12H2,(H,25,27,29)(H,26,28,30). The summed E-state index contributed by atoms with van der Waals surface area (Å²) in [6.07, 6.45) is 6.94. The Labute approximate surface area is 215 Å². The zero-order valence-corrected chi connectivity index (χ0v) is 21.9. The van der Waals surface area contributed by atoms with Crippen molar-refractivity contribution < 1.29 is 9.59 Å². The minimum absolute atomic E-state index is 0.0215. The molecule has 178 valence electrons. The number of hydrogen-bond acceptors (Lipinski definition) is 8. The highest BCUT2D eigenvalue weighted by atomic mass is 32.1. The first kappa shape index (κ1) is 24.7. The van der Waals surface area contributed by atoms with Gasteiger partial charge in [-0.2, -0.15) is 0 Å². The molecule has 0 aliphatic rings. The first-order valence-corrected chi connectivity index (χ1v) is 14.8. The molecule has 34 heavy (non-hydrogen) atoms. The van der Waals surface area contributed by atoms with Crippen molar-refractivity contribution in [3.8, 4) is 21.1 Å². The molecule has 0 aromatic carbocycles. The summed E-state index contributed by atoms with van der Waals surface area (Å²) in [5.74, 6) is 0.0429. The molecule has 2 amide bonds. The summed E-state index contributed by atoms with van der Waals surface area (Å²) in [6.45, 7) is 0. The predicted octanol–water partition coefficient (Wildman–Crippen LogP) is 7.75. The summed E-state index contributed by atoms with van der Waals surface area (Å²) in [6, 6.07) is 8.05. The molecule has 0 unspecified atom stereocenters. The van der Waals surface area contributed by atoms with Crippen LogP contribution in [-0.2, 0) is 9.59 Å². The zero-order valence-electron chi connectivity index (χ0n) is 18.6. The number of hydrogen-bond donors (Lipinski definition) is 2. The van der Waals surface area contributed by atoms with E-state index in [1.54, 1.807) is 22.7 Å². The van der Waals surface area contributed by atoms with Gasteiger partial charge in [-0.05, 0) is 35.7 Å². The number of thiazole rings is 2. The molecule has 2 N–H and O–H groups in total. The van der Waals surface area contributed by atoms with Gasteiger partial charge in [-0.3, -0.25) is 9.59 Å². The van der Waals surface area contributed by atoms with E-state index >= 15 is 0 Å². The zero-order chi connectivity index (χ0) is 23.6. The molecular weight excluding hydrogens is 505 g/mol. The number of thiophene rings is 2. The summed E-state index contributed by atoms with van der Waals surface area (Å²) >= 11 is 6.20. The molecule has 0 atom stereocenters. The topological polar surface area (TPSA) is 84.0 Å². The highest BCUT2D eigenvalue weighted by Gasteiger charge is 2.10. The van der Waals surface area contributed by atoms with Gasteiger partial charge in [-0.1, -0.05) is 37.8 Å². The lowest BCUT2D eigenvalue weighted by molar-refractivity contribution is -0.117. The van der Waals surface area contributed by atoms with E-state index < -0.39 is 0 Å². The van der Waals surface area contributed by atoms with Crippen LogP contribution in [0.25, 0.3) is 21.1 Å². The maximum Gasteiger partial charge on any atom is 0.226 e. The van der Waals surface area contributed by atoms with Crippen molar-refractivity contribution in [1.82, 2.24) is 9.97 Å². The molecule has 0 radical (unpaired) electrons. The average Bonchev–Trinajstić information content (AvgIpc) is 3.61. The lowest BCUT2D eigenvalue weighted by Crippen LogP contribution is -2.11. The average molecular weight is 531 g/mol. The summed E-state index contributed by atoms with van der Waals surface area (Å²) in [5, 5.41) is 15.1. The summed E-state index contributed by atoms with van der Waals surface area (Å²) in [4.78, 5) is 35.5. The van der Waals surface area contributed by atoms with Crippen LogP contribution < -0.4 is 10.6 Å². The Morgan fingerprint density at radius 3 is 1.50 bits per heavy atom. The van der Waals surface area contributed by atoms with E-state index in [0.29, 0.717) is 23.1 Å². The van der Waals surface area contributed by atoms with E-state index in [4.69, 9.17) is 0 Å². The number of carbonyl (C=O) groups is 2. The molecule has 4 aromatic rings. The van der Waals surface area contributed by atoms with Crippen LogP contribution in [0.5, 0.6) is 0 Å². The van der Waals surface area contributed by atoms with Crippen molar-refractivity contribution in [2.75, 3.05) is 10.6 Å². The van der Waals surface area contributed by atoms with Crippen LogP contribution in [0.2, 0.25) is 0 Å². The minimum atomic E-state index is 0.0215. The molecular formula is C24H26N4O2S4. The van der Waals surface area contributed by atoms with Crippen LogP contribution in [0.4, 0.5) is 10.3 Å². The van der Waals surface area contributed by atoms with E-state index in [2.05, 4.69) is 20.6 Å². The Morgan fingerprint density at radius 1 is 0.647 bits per heavy atom. The van der Waals surface area contributed by atoms with Gasteiger partial charge >= 0.3 is 0 Å². The van der Waals surface area contributed by atoms with Crippen molar-refractivity contribution >= 4 is 67.4 Å². The van der Waals surface area contributed by atoms with Gasteiger partial charge in [-0.25, -0.2) is 9.97 Å². The maximum absolute atomic E-state index is 12.1. The van der Waals surface area contributed by atoms with Gasteiger partial charge in [0.1, 0.15) is 0 Å². The highest BCUT2D eigenvalue weighted by molar-refractivity contribution is 7.16. The predicted molar refractivity (Wildman–Crippen MR) is 145 cm³/mol. The van der Waals surface area contributed by atoms with Gasteiger partial charge in [-0.15, -0.1) is 45.3 Å². The summed E-state index contributed by atoms with van der Waals surface area (Å²) < 4.78 is 0. The third-order valence-electron chi connectivity index (χ3n) is 5.11. The van der Waals surface area contributed by atoms with Gasteiger partial charge in [0.25, 0.3) is 0 Å². The molecule has 10 heteroatoms.